The summed E-state index contributed by atoms with van der Waals surface area (Å²) in [5.41, 5.74) is 2.15. The summed E-state index contributed by atoms with van der Waals surface area (Å²) in [6.07, 6.45) is 0. The molecule has 0 saturated heterocycles. The molecule has 25 heavy (non-hydrogen) atoms. The largest absolute Gasteiger partial charge is 0.300 e. The maximum atomic E-state index is 13.3. The standard InChI is InChI=1S/C12H7BrFN7O3S/c13-6-3-5(1-2-7(6)14)15-10(18-23)9-11(20-24-19-9)16-12(22)8-4-25-21-17-8/h1-4,23H,(H,15,18)(H,16,20,22). The van der Waals surface area contributed by atoms with Crippen molar-refractivity contribution in [2.75, 3.05) is 5.32 Å². The summed E-state index contributed by atoms with van der Waals surface area (Å²) in [4.78, 5) is 16.1. The monoisotopic (exact) mass is 427 g/mol. The van der Waals surface area contributed by atoms with Crippen molar-refractivity contribution in [2.24, 2.45) is 4.99 Å². The molecule has 0 unspecified atom stereocenters. The van der Waals surface area contributed by atoms with E-state index in [9.17, 15) is 14.4 Å². The van der Waals surface area contributed by atoms with Crippen LogP contribution in [-0.2, 0) is 0 Å². The van der Waals surface area contributed by atoms with Crippen LogP contribution in [0.1, 0.15) is 16.2 Å². The molecule has 0 atom stereocenters. The lowest BCUT2D eigenvalue weighted by atomic mass is 10.3. The van der Waals surface area contributed by atoms with Gasteiger partial charge >= 0.3 is 0 Å². The molecule has 0 saturated carbocycles. The summed E-state index contributed by atoms with van der Waals surface area (Å²) in [5.74, 6) is -1.33. The number of amidine groups is 1. The highest BCUT2D eigenvalue weighted by molar-refractivity contribution is 9.10. The minimum Gasteiger partial charge on any atom is -0.300 e. The van der Waals surface area contributed by atoms with Gasteiger partial charge in [-0.05, 0) is 56.0 Å². The number of halogens is 2. The van der Waals surface area contributed by atoms with E-state index in [0.717, 1.165) is 11.5 Å². The van der Waals surface area contributed by atoms with Gasteiger partial charge in [0.2, 0.25) is 5.82 Å². The minimum atomic E-state index is -0.590. The molecule has 128 valence electrons. The zero-order valence-corrected chi connectivity index (χ0v) is 14.4. The Hall–Kier alpha value is -2.77. The normalized spacial score (nSPS) is 11.4. The number of hydroxylamine groups is 1. The number of hydrogen-bond donors (Lipinski definition) is 3. The van der Waals surface area contributed by atoms with Crippen LogP contribution in [0.5, 0.6) is 0 Å². The molecule has 13 heteroatoms. The van der Waals surface area contributed by atoms with E-state index in [0.29, 0.717) is 5.69 Å². The van der Waals surface area contributed by atoms with Gasteiger partial charge in [-0.1, -0.05) is 4.49 Å². The molecule has 0 fully saturated rings. The van der Waals surface area contributed by atoms with Crippen LogP contribution >= 0.6 is 27.5 Å². The van der Waals surface area contributed by atoms with Crippen molar-refractivity contribution in [2.45, 2.75) is 0 Å². The summed E-state index contributed by atoms with van der Waals surface area (Å²) in [5, 5.41) is 23.9. The molecule has 0 aliphatic carbocycles. The Balaban J connectivity index is 1.89. The topological polar surface area (TPSA) is 138 Å². The fourth-order valence-electron chi connectivity index (χ4n) is 1.68. The van der Waals surface area contributed by atoms with Crippen molar-refractivity contribution in [3.8, 4) is 0 Å². The summed E-state index contributed by atoms with van der Waals surface area (Å²) in [7, 11) is 0. The first-order chi connectivity index (χ1) is 12.1. The number of anilines is 1. The zero-order chi connectivity index (χ0) is 17.8. The fraction of sp³-hybridized carbons (Fsp3) is 0. The number of carbonyl (C=O) groups excluding carboxylic acids is 1. The van der Waals surface area contributed by atoms with Crippen molar-refractivity contribution in [1.29, 1.82) is 0 Å². The first-order valence-corrected chi connectivity index (χ1v) is 8.06. The predicted molar refractivity (Wildman–Crippen MR) is 87.4 cm³/mol. The Bertz CT molecular complexity index is 931. The molecule has 1 amide bonds. The lowest BCUT2D eigenvalue weighted by molar-refractivity contribution is 0.102. The number of benzene rings is 1. The number of carbonyl (C=O) groups is 1. The van der Waals surface area contributed by atoms with Gasteiger partial charge in [0.1, 0.15) is 5.82 Å². The number of amides is 1. The smallest absolute Gasteiger partial charge is 0.278 e. The van der Waals surface area contributed by atoms with Crippen molar-refractivity contribution < 1.29 is 19.0 Å². The molecular formula is C12H7BrFN7O3S. The van der Waals surface area contributed by atoms with E-state index < -0.39 is 11.7 Å². The summed E-state index contributed by atoms with van der Waals surface area (Å²) in [6.45, 7) is 0. The highest BCUT2D eigenvalue weighted by Crippen LogP contribution is 2.23. The quantitative estimate of drug-likeness (QED) is 0.326. The third-order valence-corrected chi connectivity index (χ3v) is 3.90. The van der Waals surface area contributed by atoms with Gasteiger partial charge in [0, 0.05) is 5.38 Å². The highest BCUT2D eigenvalue weighted by Gasteiger charge is 2.20. The van der Waals surface area contributed by atoms with Crippen molar-refractivity contribution in [1.82, 2.24) is 25.4 Å². The average molecular weight is 428 g/mol. The van der Waals surface area contributed by atoms with E-state index >= 15 is 0 Å². The molecule has 2 heterocycles. The molecular weight excluding hydrogens is 421 g/mol. The van der Waals surface area contributed by atoms with Gasteiger partial charge in [0.25, 0.3) is 5.91 Å². The van der Waals surface area contributed by atoms with Gasteiger partial charge in [-0.15, -0.1) is 5.10 Å². The molecule has 0 aliphatic heterocycles. The number of aliphatic imine (C=N–C) groups is 1. The molecule has 1 aromatic carbocycles. The summed E-state index contributed by atoms with van der Waals surface area (Å²) in [6, 6.07) is 3.96. The lowest BCUT2D eigenvalue weighted by Gasteiger charge is -2.04. The highest BCUT2D eigenvalue weighted by atomic mass is 79.9. The molecule has 0 spiro atoms. The molecule has 2 aromatic heterocycles. The van der Waals surface area contributed by atoms with E-state index in [1.54, 1.807) is 0 Å². The van der Waals surface area contributed by atoms with E-state index in [4.69, 9.17) is 0 Å². The second-order valence-electron chi connectivity index (χ2n) is 4.38. The average Bonchev–Trinajstić information content (AvgIpc) is 3.27. The maximum absolute atomic E-state index is 13.3. The van der Waals surface area contributed by atoms with E-state index in [1.807, 2.05) is 5.48 Å². The van der Waals surface area contributed by atoms with Gasteiger partial charge in [-0.3, -0.25) is 15.5 Å². The first-order valence-electron chi connectivity index (χ1n) is 6.43. The Morgan fingerprint density at radius 2 is 2.24 bits per heavy atom. The zero-order valence-electron chi connectivity index (χ0n) is 12.0. The van der Waals surface area contributed by atoms with E-state index in [2.05, 4.69) is 50.8 Å². The molecule has 10 nitrogen and oxygen atoms in total. The van der Waals surface area contributed by atoms with Crippen LogP contribution in [-0.4, -0.2) is 36.9 Å². The Kier molecular flexibility index (Phi) is 5.06. The van der Waals surface area contributed by atoms with Crippen LogP contribution in [0, 0.1) is 5.82 Å². The van der Waals surface area contributed by atoms with Gasteiger partial charge in [-0.2, -0.15) is 0 Å². The number of rotatable bonds is 4. The SMILES string of the molecule is O=C(Nc1nonc1C(=Nc1ccc(F)c(Br)c1)NO)c1csnn1. The van der Waals surface area contributed by atoms with Crippen LogP contribution in [0.25, 0.3) is 0 Å². The van der Waals surface area contributed by atoms with Gasteiger partial charge < -0.3 is 5.32 Å². The molecule has 3 aromatic rings. The van der Waals surface area contributed by atoms with Crippen molar-refractivity contribution in [3.05, 3.63) is 45.3 Å². The molecule has 0 bridgehead atoms. The maximum Gasteiger partial charge on any atom is 0.278 e. The molecule has 3 rings (SSSR count). The van der Waals surface area contributed by atoms with Crippen LogP contribution in [0.3, 0.4) is 0 Å². The lowest BCUT2D eigenvalue weighted by Crippen LogP contribution is -2.23. The summed E-state index contributed by atoms with van der Waals surface area (Å²) < 4.78 is 21.6. The minimum absolute atomic E-state index is 0.0699. The number of aromatic nitrogens is 4. The predicted octanol–water partition coefficient (Wildman–Crippen LogP) is 2.13. The van der Waals surface area contributed by atoms with Crippen LogP contribution in [0.4, 0.5) is 15.9 Å². The summed E-state index contributed by atoms with van der Waals surface area (Å²) >= 11 is 4.04. The van der Waals surface area contributed by atoms with Crippen molar-refractivity contribution in [3.63, 3.8) is 0 Å². The molecule has 3 N–H and O–H groups in total. The second kappa shape index (κ2) is 7.42. The third-order valence-electron chi connectivity index (χ3n) is 2.79. The molecule has 0 aliphatic rings. The number of nitrogens with one attached hydrogen (secondary N) is 2. The number of nitrogens with zero attached hydrogens (tertiary/aromatic N) is 5. The van der Waals surface area contributed by atoms with Gasteiger partial charge in [-0.25, -0.2) is 14.0 Å². The third kappa shape index (κ3) is 3.84. The Morgan fingerprint density at radius 1 is 1.40 bits per heavy atom. The van der Waals surface area contributed by atoms with Crippen molar-refractivity contribution >= 4 is 50.7 Å². The van der Waals surface area contributed by atoms with Gasteiger partial charge in [0.05, 0.1) is 10.2 Å². The van der Waals surface area contributed by atoms with Crippen LogP contribution in [0.2, 0.25) is 0 Å². The number of hydrogen-bond acceptors (Lipinski definition) is 9. The van der Waals surface area contributed by atoms with Crippen LogP contribution < -0.4 is 10.8 Å². The first kappa shape index (κ1) is 17.1. The van der Waals surface area contributed by atoms with E-state index in [-0.39, 0.29) is 27.5 Å². The Labute approximate surface area is 151 Å². The van der Waals surface area contributed by atoms with Crippen LogP contribution in [0.15, 0.2) is 37.7 Å². The van der Waals surface area contributed by atoms with Gasteiger partial charge in [0.15, 0.2) is 17.2 Å². The van der Waals surface area contributed by atoms with E-state index in [1.165, 1.54) is 23.6 Å². The fourth-order valence-corrected chi connectivity index (χ4v) is 2.48. The second-order valence-corrected chi connectivity index (χ2v) is 5.84. The molecule has 0 radical (unpaired) electrons. The Morgan fingerprint density at radius 3 is 2.92 bits per heavy atom.